The molecule has 5 heteroatoms. The van der Waals surface area contributed by atoms with Crippen LogP contribution in [0.2, 0.25) is 0 Å². The van der Waals surface area contributed by atoms with Gasteiger partial charge in [0.25, 0.3) is 0 Å². The van der Waals surface area contributed by atoms with E-state index in [0.717, 1.165) is 43.5 Å². The predicted octanol–water partition coefficient (Wildman–Crippen LogP) is 6.90. The zero-order valence-electron chi connectivity index (χ0n) is 26.0. The van der Waals surface area contributed by atoms with Crippen molar-refractivity contribution in [1.29, 1.82) is 0 Å². The van der Waals surface area contributed by atoms with Crippen LogP contribution in [-0.2, 0) is 12.0 Å². The number of methoxy groups -OCH3 is 1. The summed E-state index contributed by atoms with van der Waals surface area (Å²) in [6.07, 6.45) is 22.3. The van der Waals surface area contributed by atoms with E-state index in [9.17, 15) is 5.11 Å². The van der Waals surface area contributed by atoms with Gasteiger partial charge in [-0.3, -0.25) is 4.90 Å². The Morgan fingerprint density at radius 2 is 1.76 bits per heavy atom. The van der Waals surface area contributed by atoms with Gasteiger partial charge < -0.3 is 19.9 Å². The third-order valence-electron chi connectivity index (χ3n) is 12.1. The van der Waals surface area contributed by atoms with Crippen LogP contribution in [0.1, 0.15) is 115 Å². The number of aliphatic hydroxyl groups excluding tert-OH is 1. The van der Waals surface area contributed by atoms with Gasteiger partial charge in [-0.2, -0.15) is 0 Å². The van der Waals surface area contributed by atoms with Gasteiger partial charge in [0.1, 0.15) is 6.10 Å². The molecule has 4 saturated carbocycles. The van der Waals surface area contributed by atoms with E-state index < -0.39 is 6.10 Å². The smallest absolute Gasteiger partial charge is 0.166 e. The summed E-state index contributed by atoms with van der Waals surface area (Å²) in [5.41, 5.74) is 4.23. The molecule has 8 rings (SSSR count). The molecule has 4 fully saturated rings. The molecule has 1 aromatic rings. The second kappa shape index (κ2) is 10.6. The van der Waals surface area contributed by atoms with Gasteiger partial charge in [0.2, 0.25) is 0 Å². The zero-order valence-corrected chi connectivity index (χ0v) is 26.0. The molecule has 2 aliphatic heterocycles. The van der Waals surface area contributed by atoms with E-state index in [-0.39, 0.29) is 11.5 Å². The van der Waals surface area contributed by atoms with E-state index in [0.29, 0.717) is 22.8 Å². The lowest BCUT2D eigenvalue weighted by molar-refractivity contribution is -0.117. The van der Waals surface area contributed by atoms with Crippen LogP contribution in [0, 0.1) is 16.7 Å². The van der Waals surface area contributed by atoms with Crippen LogP contribution in [0.5, 0.6) is 11.5 Å². The Bertz CT molecular complexity index is 1150. The van der Waals surface area contributed by atoms with Gasteiger partial charge >= 0.3 is 0 Å². The number of benzene rings is 1. The third kappa shape index (κ3) is 5.16. The lowest BCUT2D eigenvalue weighted by Crippen LogP contribution is -2.64. The Morgan fingerprint density at radius 3 is 2.51 bits per heavy atom. The minimum atomic E-state index is -0.423. The molecule has 0 saturated heterocycles. The predicted molar refractivity (Wildman–Crippen MR) is 165 cm³/mol. The first-order valence-corrected chi connectivity index (χ1v) is 16.9. The van der Waals surface area contributed by atoms with Crippen molar-refractivity contribution in [2.75, 3.05) is 26.7 Å². The van der Waals surface area contributed by atoms with Crippen LogP contribution < -0.4 is 14.8 Å². The highest BCUT2D eigenvalue weighted by Gasteiger charge is 2.59. The highest BCUT2D eigenvalue weighted by atomic mass is 16.5. The van der Waals surface area contributed by atoms with Crippen LogP contribution in [0.25, 0.3) is 0 Å². The second-order valence-corrected chi connectivity index (χ2v) is 15.9. The molecule has 226 valence electrons. The van der Waals surface area contributed by atoms with Gasteiger partial charge in [-0.25, -0.2) is 0 Å². The van der Waals surface area contributed by atoms with Gasteiger partial charge in [-0.15, -0.1) is 0 Å². The largest absolute Gasteiger partial charge is 0.493 e. The molecule has 1 aromatic carbocycles. The first-order valence-electron chi connectivity index (χ1n) is 16.9. The van der Waals surface area contributed by atoms with E-state index in [2.05, 4.69) is 42.3 Å². The number of unbranched alkanes of at least 4 members (excludes halogenated alkanes) is 5. The molecule has 41 heavy (non-hydrogen) atoms. The van der Waals surface area contributed by atoms with Gasteiger partial charge in [0, 0.05) is 24.1 Å². The molecule has 2 N–H and O–H groups in total. The fourth-order valence-electron chi connectivity index (χ4n) is 11.4. The average Bonchev–Trinajstić information content (AvgIpc) is 3.14. The van der Waals surface area contributed by atoms with Crippen molar-refractivity contribution in [3.05, 3.63) is 35.4 Å². The fraction of sp³-hybridized carbons (Fsp3) is 0.778. The van der Waals surface area contributed by atoms with Crippen molar-refractivity contribution >= 4 is 0 Å². The minimum Gasteiger partial charge on any atom is -0.493 e. The van der Waals surface area contributed by atoms with E-state index in [1.165, 1.54) is 94.7 Å². The Morgan fingerprint density at radius 1 is 1.00 bits per heavy atom. The van der Waals surface area contributed by atoms with Crippen molar-refractivity contribution in [1.82, 2.24) is 10.2 Å². The normalized spacial score (nSPS) is 40.2. The van der Waals surface area contributed by atoms with Crippen LogP contribution in [-0.4, -0.2) is 54.5 Å². The maximum Gasteiger partial charge on any atom is 0.166 e. The molecule has 2 unspecified atom stereocenters. The molecule has 0 radical (unpaired) electrons. The summed E-state index contributed by atoms with van der Waals surface area (Å²) >= 11 is 0. The molecule has 4 bridgehead atoms. The quantitative estimate of drug-likeness (QED) is 0.227. The maximum absolute atomic E-state index is 10.3. The lowest BCUT2D eigenvalue weighted by Gasteiger charge is -2.65. The summed E-state index contributed by atoms with van der Waals surface area (Å²) in [4.78, 5) is 2.65. The Labute approximate surface area is 248 Å². The summed E-state index contributed by atoms with van der Waals surface area (Å²) in [5.74, 6) is 2.72. The highest BCUT2D eigenvalue weighted by molar-refractivity contribution is 5.61. The Balaban J connectivity index is 0.853. The average molecular weight is 563 g/mol. The molecule has 1 spiro atoms. The number of rotatable bonds is 11. The van der Waals surface area contributed by atoms with Gasteiger partial charge in [0.15, 0.2) is 11.5 Å². The van der Waals surface area contributed by atoms with E-state index >= 15 is 0 Å². The van der Waals surface area contributed by atoms with Crippen molar-refractivity contribution in [2.45, 2.75) is 133 Å². The van der Waals surface area contributed by atoms with Crippen LogP contribution >= 0.6 is 0 Å². The number of aliphatic hydroxyl groups is 1. The SMILES string of the molecule is COc1ccc2c3c1O[C@H]1C[C@@H](O)C=C[C@@]31CCN(CCCCCCCCNC13CC4C[C@@](C)(C1)C[C@](C)(C4)C3)C2. The van der Waals surface area contributed by atoms with E-state index in [1.807, 2.05) is 6.08 Å². The molecule has 5 aliphatic carbocycles. The lowest BCUT2D eigenvalue weighted by atomic mass is 9.43. The van der Waals surface area contributed by atoms with Crippen molar-refractivity contribution in [3.8, 4) is 11.5 Å². The number of hydrogen-bond donors (Lipinski definition) is 2. The Kier molecular flexibility index (Phi) is 7.27. The van der Waals surface area contributed by atoms with E-state index in [1.54, 1.807) is 7.11 Å². The van der Waals surface area contributed by atoms with E-state index in [4.69, 9.17) is 9.47 Å². The Hall–Kier alpha value is -1.56. The van der Waals surface area contributed by atoms with Crippen molar-refractivity contribution in [2.24, 2.45) is 16.7 Å². The van der Waals surface area contributed by atoms with Crippen LogP contribution in [0.4, 0.5) is 0 Å². The molecule has 7 aliphatic rings. The first kappa shape index (κ1) is 28.2. The molecule has 0 aromatic heterocycles. The second-order valence-electron chi connectivity index (χ2n) is 15.9. The molecule has 0 amide bonds. The van der Waals surface area contributed by atoms with Crippen molar-refractivity contribution < 1.29 is 14.6 Å². The monoisotopic (exact) mass is 562 g/mol. The molecule has 2 heterocycles. The van der Waals surface area contributed by atoms with Crippen molar-refractivity contribution in [3.63, 3.8) is 0 Å². The topological polar surface area (TPSA) is 54.0 Å². The highest BCUT2D eigenvalue weighted by Crippen LogP contribution is 2.66. The summed E-state index contributed by atoms with van der Waals surface area (Å²) in [6, 6.07) is 4.32. The van der Waals surface area contributed by atoms with Gasteiger partial charge in [-0.05, 0) is 106 Å². The number of ether oxygens (including phenoxy) is 2. The first-order chi connectivity index (χ1) is 19.7. The molecule has 7 atom stereocenters. The molecular formula is C36H54N2O3. The number of nitrogens with one attached hydrogen (secondary N) is 1. The molecular weight excluding hydrogens is 508 g/mol. The summed E-state index contributed by atoms with van der Waals surface area (Å²) < 4.78 is 12.2. The minimum absolute atomic E-state index is 0.00360. The standard InChI is InChI=1S/C36H54N2O3/c1-33-19-26-20-34(2,23-33)25-35(21-26,24-33)37-15-8-6-4-5-7-9-16-38-17-14-36-13-12-28(39)18-30(36)41-32-29(40-3)11-10-27(22-38)31(32)36/h10-13,26,28,30,37,39H,4-9,14-25H2,1-3H3/t26?,28-,30-,33-,34+,35?,36-/m0/s1. The van der Waals surface area contributed by atoms with Gasteiger partial charge in [-0.1, -0.05) is 57.7 Å². The van der Waals surface area contributed by atoms with Crippen LogP contribution in [0.3, 0.4) is 0 Å². The maximum atomic E-state index is 10.3. The summed E-state index contributed by atoms with van der Waals surface area (Å²) in [7, 11) is 1.73. The van der Waals surface area contributed by atoms with Crippen LogP contribution in [0.15, 0.2) is 24.3 Å². The fourth-order valence-corrected chi connectivity index (χ4v) is 11.4. The van der Waals surface area contributed by atoms with Gasteiger partial charge in [0.05, 0.1) is 18.6 Å². The zero-order chi connectivity index (χ0) is 28.3. The summed E-state index contributed by atoms with van der Waals surface area (Å²) in [5, 5.41) is 14.5. The summed E-state index contributed by atoms with van der Waals surface area (Å²) in [6.45, 7) is 9.60. The molecule has 5 nitrogen and oxygen atoms in total. The number of hydrogen-bond acceptors (Lipinski definition) is 5. The third-order valence-corrected chi connectivity index (χ3v) is 12.1. The number of nitrogens with zero attached hydrogens (tertiary/aromatic N) is 1.